The predicted octanol–water partition coefficient (Wildman–Crippen LogP) is 3.91. The smallest absolute Gasteiger partial charge is 0.337 e. The van der Waals surface area contributed by atoms with Gasteiger partial charge in [0, 0.05) is 0 Å². The molecule has 0 bridgehead atoms. The van der Waals surface area contributed by atoms with E-state index in [1.54, 1.807) is 24.3 Å². The monoisotopic (exact) mass is 327 g/mol. The molecule has 1 amide bonds. The summed E-state index contributed by atoms with van der Waals surface area (Å²) in [6, 6.07) is 6.30. The van der Waals surface area contributed by atoms with Crippen molar-refractivity contribution in [1.82, 2.24) is 0 Å². The van der Waals surface area contributed by atoms with Crippen LogP contribution in [0.25, 0.3) is 0 Å². The van der Waals surface area contributed by atoms with Gasteiger partial charge in [0.05, 0.1) is 17.2 Å². The second-order valence-electron chi connectivity index (χ2n) is 5.62. The first kappa shape index (κ1) is 15.9. The predicted molar refractivity (Wildman–Crippen MR) is 82.6 cm³/mol. The lowest BCUT2D eigenvalue weighted by molar-refractivity contribution is -0.118. The van der Waals surface area contributed by atoms with Gasteiger partial charge in [-0.1, -0.05) is 49.2 Å². The summed E-state index contributed by atoms with van der Waals surface area (Å²) >= 11 is 11.3. The first-order valence-electron chi connectivity index (χ1n) is 6.41. The molecule has 112 valence electrons. The number of aromatic carboxylic acids is 1. The number of benzene rings is 1. The van der Waals surface area contributed by atoms with Crippen molar-refractivity contribution in [3.05, 3.63) is 40.4 Å². The second-order valence-corrected chi connectivity index (χ2v) is 6.63. The number of allylic oxidation sites excluding steroid dienone is 1. The molecule has 0 aromatic heterocycles. The van der Waals surface area contributed by atoms with Gasteiger partial charge in [-0.2, -0.15) is 0 Å². The Morgan fingerprint density at radius 2 is 1.90 bits per heavy atom. The number of para-hydroxylation sites is 1. The van der Waals surface area contributed by atoms with Crippen molar-refractivity contribution in [3.63, 3.8) is 0 Å². The summed E-state index contributed by atoms with van der Waals surface area (Å²) in [5.74, 6) is -1.66. The summed E-state index contributed by atoms with van der Waals surface area (Å²) in [5.41, 5.74) is 0.0984. The molecule has 1 aliphatic carbocycles. The molecule has 0 heterocycles. The molecule has 0 radical (unpaired) electrons. The Balaban J connectivity index is 2.17. The van der Waals surface area contributed by atoms with Crippen LogP contribution in [0.3, 0.4) is 0 Å². The van der Waals surface area contributed by atoms with Gasteiger partial charge in [-0.15, -0.1) is 0 Å². The molecule has 0 aliphatic heterocycles. The number of carboxylic acid groups (broad SMARTS) is 1. The van der Waals surface area contributed by atoms with E-state index in [1.165, 1.54) is 6.07 Å². The van der Waals surface area contributed by atoms with Crippen molar-refractivity contribution in [2.45, 2.75) is 13.8 Å². The minimum absolute atomic E-state index is 0.0560. The molecule has 0 unspecified atom stereocenters. The summed E-state index contributed by atoms with van der Waals surface area (Å²) in [6.45, 7) is 3.89. The maximum absolute atomic E-state index is 12.3. The average molecular weight is 328 g/mol. The van der Waals surface area contributed by atoms with E-state index in [9.17, 15) is 9.59 Å². The zero-order valence-electron chi connectivity index (χ0n) is 11.6. The van der Waals surface area contributed by atoms with Gasteiger partial charge < -0.3 is 10.4 Å². The molecule has 1 saturated carbocycles. The van der Waals surface area contributed by atoms with Crippen LogP contribution in [0.5, 0.6) is 0 Å². The van der Waals surface area contributed by atoms with Crippen molar-refractivity contribution in [1.29, 1.82) is 0 Å². The summed E-state index contributed by atoms with van der Waals surface area (Å²) in [5, 5.41) is 11.8. The van der Waals surface area contributed by atoms with Gasteiger partial charge in [-0.05, 0) is 29.5 Å². The quantitative estimate of drug-likeness (QED) is 0.880. The van der Waals surface area contributed by atoms with Crippen LogP contribution in [0, 0.1) is 17.3 Å². The minimum Gasteiger partial charge on any atom is -0.478 e. The normalized spacial score (nSPS) is 22.3. The topological polar surface area (TPSA) is 66.4 Å². The number of hydrogen-bond donors (Lipinski definition) is 2. The number of carboxylic acids is 1. The molecular weight excluding hydrogens is 313 g/mol. The zero-order chi connectivity index (χ0) is 15.8. The highest BCUT2D eigenvalue weighted by Crippen LogP contribution is 2.60. The molecule has 2 N–H and O–H groups in total. The van der Waals surface area contributed by atoms with Gasteiger partial charge in [0.2, 0.25) is 5.91 Å². The SMILES string of the molecule is CC1(C)[C@H](C=C(Cl)Cl)[C@H]1C(=O)Nc1ccccc1C(=O)O. The van der Waals surface area contributed by atoms with Gasteiger partial charge in [-0.25, -0.2) is 4.79 Å². The number of rotatable bonds is 4. The van der Waals surface area contributed by atoms with Crippen molar-refractivity contribution >= 4 is 40.8 Å². The van der Waals surface area contributed by atoms with Crippen LogP contribution in [0.1, 0.15) is 24.2 Å². The number of amides is 1. The molecule has 6 heteroatoms. The van der Waals surface area contributed by atoms with Gasteiger partial charge in [0.15, 0.2) is 0 Å². The first-order valence-corrected chi connectivity index (χ1v) is 7.16. The van der Waals surface area contributed by atoms with E-state index in [1.807, 2.05) is 13.8 Å². The van der Waals surface area contributed by atoms with E-state index in [0.717, 1.165) is 0 Å². The molecule has 1 aliphatic rings. The molecular formula is C15H15Cl2NO3. The van der Waals surface area contributed by atoms with Crippen LogP contribution < -0.4 is 5.32 Å². The van der Waals surface area contributed by atoms with Gasteiger partial charge in [-0.3, -0.25) is 4.79 Å². The fourth-order valence-corrected chi connectivity index (χ4v) is 2.89. The molecule has 1 aromatic carbocycles. The Hall–Kier alpha value is -1.52. The Labute approximate surface area is 132 Å². The molecule has 1 fully saturated rings. The van der Waals surface area contributed by atoms with Crippen LogP contribution >= 0.6 is 23.2 Å². The van der Waals surface area contributed by atoms with E-state index < -0.39 is 5.97 Å². The lowest BCUT2D eigenvalue weighted by atomic mass is 10.1. The summed E-state index contributed by atoms with van der Waals surface area (Å²) in [6.07, 6.45) is 1.65. The molecule has 0 spiro atoms. The number of carbonyl (C=O) groups excluding carboxylic acids is 1. The van der Waals surface area contributed by atoms with Crippen LogP contribution in [0.15, 0.2) is 34.8 Å². The molecule has 4 nitrogen and oxygen atoms in total. The highest BCUT2D eigenvalue weighted by Gasteiger charge is 2.60. The fourth-order valence-electron chi connectivity index (χ4n) is 2.61. The van der Waals surface area contributed by atoms with E-state index >= 15 is 0 Å². The van der Waals surface area contributed by atoms with Crippen molar-refractivity contribution < 1.29 is 14.7 Å². The third kappa shape index (κ3) is 3.22. The molecule has 1 aromatic rings. The third-order valence-corrected chi connectivity index (χ3v) is 4.17. The summed E-state index contributed by atoms with van der Waals surface area (Å²) in [7, 11) is 0. The Bertz CT molecular complexity index is 621. The largest absolute Gasteiger partial charge is 0.478 e. The van der Waals surface area contributed by atoms with E-state index in [4.69, 9.17) is 28.3 Å². The molecule has 0 saturated heterocycles. The Kier molecular flexibility index (Phi) is 4.30. The summed E-state index contributed by atoms with van der Waals surface area (Å²) in [4.78, 5) is 23.5. The van der Waals surface area contributed by atoms with Gasteiger partial charge in [0.25, 0.3) is 0 Å². The first-order chi connectivity index (χ1) is 9.75. The van der Waals surface area contributed by atoms with Crippen LogP contribution in [0.4, 0.5) is 5.69 Å². The third-order valence-electron chi connectivity index (χ3n) is 3.91. The Morgan fingerprint density at radius 3 is 2.48 bits per heavy atom. The van der Waals surface area contributed by atoms with Crippen molar-refractivity contribution in [2.75, 3.05) is 5.32 Å². The highest BCUT2D eigenvalue weighted by atomic mass is 35.5. The van der Waals surface area contributed by atoms with E-state index in [-0.39, 0.29) is 38.9 Å². The number of anilines is 1. The molecule has 21 heavy (non-hydrogen) atoms. The average Bonchev–Trinajstić information content (AvgIpc) is 2.90. The number of carbonyl (C=O) groups is 2. The second kappa shape index (κ2) is 5.70. The van der Waals surface area contributed by atoms with Crippen LogP contribution in [-0.4, -0.2) is 17.0 Å². The highest BCUT2D eigenvalue weighted by molar-refractivity contribution is 6.55. The number of nitrogens with one attached hydrogen (secondary N) is 1. The molecule has 2 rings (SSSR count). The maximum atomic E-state index is 12.3. The van der Waals surface area contributed by atoms with Gasteiger partial charge in [0.1, 0.15) is 4.49 Å². The summed E-state index contributed by atoms with van der Waals surface area (Å²) < 4.78 is 0.134. The van der Waals surface area contributed by atoms with Crippen molar-refractivity contribution in [3.8, 4) is 0 Å². The lowest BCUT2D eigenvalue weighted by Gasteiger charge is -2.08. The van der Waals surface area contributed by atoms with E-state index in [2.05, 4.69) is 5.32 Å². The number of halogens is 2. The maximum Gasteiger partial charge on any atom is 0.337 e. The lowest BCUT2D eigenvalue weighted by Crippen LogP contribution is -2.18. The Morgan fingerprint density at radius 1 is 1.29 bits per heavy atom. The molecule has 2 atom stereocenters. The zero-order valence-corrected chi connectivity index (χ0v) is 13.1. The fraction of sp³-hybridized carbons (Fsp3) is 0.333. The minimum atomic E-state index is -1.08. The van der Waals surface area contributed by atoms with Gasteiger partial charge >= 0.3 is 5.97 Å². The standard InChI is InChI=1S/C15H15Cl2NO3/c1-15(2)9(7-11(16)17)12(15)13(19)18-10-6-4-3-5-8(10)14(20)21/h3-7,9,12H,1-2H3,(H,18,19)(H,20,21)/t9-,12+/m1/s1. The van der Waals surface area contributed by atoms with Crippen LogP contribution in [-0.2, 0) is 4.79 Å². The van der Waals surface area contributed by atoms with Crippen molar-refractivity contribution in [2.24, 2.45) is 17.3 Å². The van der Waals surface area contributed by atoms with Crippen LogP contribution in [0.2, 0.25) is 0 Å². The van der Waals surface area contributed by atoms with E-state index in [0.29, 0.717) is 0 Å². The number of hydrogen-bond acceptors (Lipinski definition) is 2.